The van der Waals surface area contributed by atoms with Crippen LogP contribution in [0.5, 0.6) is 5.75 Å². The van der Waals surface area contributed by atoms with Gasteiger partial charge in [-0.15, -0.1) is 0 Å². The Balaban J connectivity index is 1.91. The Morgan fingerprint density at radius 2 is 1.96 bits per heavy atom. The molecule has 1 aromatic heterocycles. The second kappa shape index (κ2) is 6.23. The SMILES string of the molecule is C=C(C)c1c2c(c(O)c3ncc(Cc4ccc(C)cc4)cc13)C(=O)N(C)C2. The van der Waals surface area contributed by atoms with E-state index in [1.54, 1.807) is 18.1 Å². The lowest BCUT2D eigenvalue weighted by Gasteiger charge is -2.14. The summed E-state index contributed by atoms with van der Waals surface area (Å²) in [5.74, 6) is -0.196. The van der Waals surface area contributed by atoms with Crippen molar-refractivity contribution in [3.8, 4) is 5.75 Å². The average molecular weight is 358 g/mol. The summed E-state index contributed by atoms with van der Waals surface area (Å²) < 4.78 is 0. The molecule has 1 aliphatic heterocycles. The number of phenols is 1. The van der Waals surface area contributed by atoms with Crippen LogP contribution < -0.4 is 0 Å². The third-order valence-corrected chi connectivity index (χ3v) is 5.19. The molecular formula is C23H22N2O2. The quantitative estimate of drug-likeness (QED) is 0.752. The van der Waals surface area contributed by atoms with Gasteiger partial charge in [0.1, 0.15) is 5.52 Å². The monoisotopic (exact) mass is 358 g/mol. The maximum atomic E-state index is 12.5. The number of amides is 1. The van der Waals surface area contributed by atoms with Crippen LogP contribution in [0.2, 0.25) is 0 Å². The van der Waals surface area contributed by atoms with Crippen molar-refractivity contribution in [2.75, 3.05) is 7.05 Å². The van der Waals surface area contributed by atoms with Gasteiger partial charge in [0.25, 0.3) is 5.91 Å². The van der Waals surface area contributed by atoms with E-state index in [1.807, 2.05) is 6.92 Å². The summed E-state index contributed by atoms with van der Waals surface area (Å²) in [4.78, 5) is 18.6. The smallest absolute Gasteiger partial charge is 0.258 e. The molecule has 4 heteroatoms. The van der Waals surface area contributed by atoms with Crippen molar-refractivity contribution in [1.29, 1.82) is 0 Å². The molecule has 0 atom stereocenters. The highest BCUT2D eigenvalue weighted by molar-refractivity contribution is 6.10. The third kappa shape index (κ3) is 2.78. The van der Waals surface area contributed by atoms with Gasteiger partial charge in [-0.3, -0.25) is 9.78 Å². The molecule has 0 saturated heterocycles. The maximum absolute atomic E-state index is 12.5. The molecular weight excluding hydrogens is 336 g/mol. The summed E-state index contributed by atoms with van der Waals surface area (Å²) in [7, 11) is 1.74. The molecule has 4 nitrogen and oxygen atoms in total. The van der Waals surface area contributed by atoms with Crippen LogP contribution in [-0.4, -0.2) is 27.9 Å². The van der Waals surface area contributed by atoms with E-state index < -0.39 is 0 Å². The van der Waals surface area contributed by atoms with Gasteiger partial charge in [-0.25, -0.2) is 0 Å². The largest absolute Gasteiger partial charge is 0.505 e. The Morgan fingerprint density at radius 3 is 2.63 bits per heavy atom. The first-order chi connectivity index (χ1) is 12.9. The Morgan fingerprint density at radius 1 is 1.26 bits per heavy atom. The van der Waals surface area contributed by atoms with E-state index in [4.69, 9.17) is 0 Å². The number of hydrogen-bond acceptors (Lipinski definition) is 3. The van der Waals surface area contributed by atoms with Gasteiger partial charge < -0.3 is 10.0 Å². The van der Waals surface area contributed by atoms with Gasteiger partial charge >= 0.3 is 0 Å². The fourth-order valence-corrected chi connectivity index (χ4v) is 3.85. The summed E-state index contributed by atoms with van der Waals surface area (Å²) in [6.07, 6.45) is 2.54. The fourth-order valence-electron chi connectivity index (χ4n) is 3.85. The molecule has 1 amide bonds. The lowest BCUT2D eigenvalue weighted by atomic mass is 9.91. The molecule has 1 N–H and O–H groups in total. The number of hydrogen-bond donors (Lipinski definition) is 1. The van der Waals surface area contributed by atoms with Crippen LogP contribution in [0, 0.1) is 6.92 Å². The van der Waals surface area contributed by atoms with Crippen molar-refractivity contribution in [3.05, 3.63) is 76.5 Å². The molecule has 0 spiro atoms. The zero-order valence-electron chi connectivity index (χ0n) is 15.8. The molecule has 3 aromatic rings. The Kier molecular flexibility index (Phi) is 3.99. The van der Waals surface area contributed by atoms with E-state index in [2.05, 4.69) is 48.8 Å². The number of carbonyl (C=O) groups excluding carboxylic acids is 1. The molecule has 4 rings (SSSR count). The Hall–Kier alpha value is -3.14. The minimum absolute atomic E-state index is 0.0266. The first-order valence-corrected chi connectivity index (χ1v) is 9.00. The third-order valence-electron chi connectivity index (χ3n) is 5.19. The summed E-state index contributed by atoms with van der Waals surface area (Å²) in [5.41, 5.74) is 6.96. The lowest BCUT2D eigenvalue weighted by molar-refractivity contribution is 0.0814. The van der Waals surface area contributed by atoms with E-state index in [0.29, 0.717) is 17.6 Å². The molecule has 0 saturated carbocycles. The number of pyridine rings is 1. The average Bonchev–Trinajstić information content (AvgIpc) is 2.91. The predicted octanol–water partition coefficient (Wildman–Crippen LogP) is 4.46. The molecule has 0 aliphatic carbocycles. The normalized spacial score (nSPS) is 13.3. The van der Waals surface area contributed by atoms with Gasteiger partial charge in [0, 0.05) is 25.2 Å². The second-order valence-corrected chi connectivity index (χ2v) is 7.42. The van der Waals surface area contributed by atoms with E-state index in [0.717, 1.165) is 34.1 Å². The maximum Gasteiger partial charge on any atom is 0.258 e. The number of aromatic hydroxyl groups is 1. The number of allylic oxidation sites excluding steroid dienone is 1. The molecule has 2 heterocycles. The molecule has 0 bridgehead atoms. The minimum Gasteiger partial charge on any atom is -0.505 e. The second-order valence-electron chi connectivity index (χ2n) is 7.42. The fraction of sp³-hybridized carbons (Fsp3) is 0.217. The number of aromatic nitrogens is 1. The van der Waals surface area contributed by atoms with Gasteiger partial charge in [0.2, 0.25) is 0 Å². The molecule has 136 valence electrons. The lowest BCUT2D eigenvalue weighted by Crippen LogP contribution is -2.17. The van der Waals surface area contributed by atoms with Crippen molar-refractivity contribution in [3.63, 3.8) is 0 Å². The van der Waals surface area contributed by atoms with Gasteiger partial charge in [0.15, 0.2) is 5.75 Å². The number of benzene rings is 2. The molecule has 1 aliphatic rings. The summed E-state index contributed by atoms with van der Waals surface area (Å²) in [6, 6.07) is 10.5. The molecule has 0 unspecified atom stereocenters. The summed E-state index contributed by atoms with van der Waals surface area (Å²) in [5, 5.41) is 11.6. The molecule has 2 aromatic carbocycles. The highest BCUT2D eigenvalue weighted by Crippen LogP contribution is 2.41. The van der Waals surface area contributed by atoms with Crippen molar-refractivity contribution >= 4 is 22.4 Å². The van der Waals surface area contributed by atoms with Gasteiger partial charge in [0.05, 0.1) is 5.56 Å². The zero-order chi connectivity index (χ0) is 19.3. The summed E-state index contributed by atoms with van der Waals surface area (Å²) in [6.45, 7) is 8.59. The number of fused-ring (bicyclic) bond motifs is 2. The van der Waals surface area contributed by atoms with E-state index >= 15 is 0 Å². The van der Waals surface area contributed by atoms with Crippen molar-refractivity contribution < 1.29 is 9.90 Å². The van der Waals surface area contributed by atoms with Crippen LogP contribution in [0.15, 0.2) is 43.1 Å². The van der Waals surface area contributed by atoms with Crippen LogP contribution in [0.4, 0.5) is 0 Å². The van der Waals surface area contributed by atoms with Crippen LogP contribution in [0.25, 0.3) is 16.5 Å². The zero-order valence-corrected chi connectivity index (χ0v) is 15.8. The van der Waals surface area contributed by atoms with E-state index in [1.165, 1.54) is 11.1 Å². The Labute approximate surface area is 158 Å². The van der Waals surface area contributed by atoms with Gasteiger partial charge in [-0.05, 0) is 48.6 Å². The molecule has 0 radical (unpaired) electrons. The van der Waals surface area contributed by atoms with Crippen molar-refractivity contribution in [2.45, 2.75) is 26.8 Å². The number of aryl methyl sites for hydroxylation is 1. The highest BCUT2D eigenvalue weighted by atomic mass is 16.3. The highest BCUT2D eigenvalue weighted by Gasteiger charge is 2.33. The predicted molar refractivity (Wildman–Crippen MR) is 108 cm³/mol. The Bertz CT molecular complexity index is 1100. The van der Waals surface area contributed by atoms with E-state index in [9.17, 15) is 9.90 Å². The topological polar surface area (TPSA) is 53.4 Å². The number of phenolic OH excluding ortho intramolecular Hbond substituents is 1. The first kappa shape index (κ1) is 17.3. The summed E-state index contributed by atoms with van der Waals surface area (Å²) >= 11 is 0. The number of nitrogens with zero attached hydrogens (tertiary/aromatic N) is 2. The van der Waals surface area contributed by atoms with Crippen LogP contribution >= 0.6 is 0 Å². The van der Waals surface area contributed by atoms with Gasteiger partial charge in [-0.2, -0.15) is 0 Å². The number of rotatable bonds is 3. The van der Waals surface area contributed by atoms with Crippen LogP contribution in [0.3, 0.4) is 0 Å². The van der Waals surface area contributed by atoms with Gasteiger partial charge in [-0.1, -0.05) is 42.0 Å². The first-order valence-electron chi connectivity index (χ1n) is 9.00. The van der Waals surface area contributed by atoms with E-state index in [-0.39, 0.29) is 11.7 Å². The number of carbonyl (C=O) groups is 1. The van der Waals surface area contributed by atoms with Crippen molar-refractivity contribution in [1.82, 2.24) is 9.88 Å². The molecule has 0 fully saturated rings. The van der Waals surface area contributed by atoms with Crippen LogP contribution in [0.1, 0.15) is 45.1 Å². The standard InChI is InChI=1S/C23H22N2O2/c1-13(2)19-17-10-16(9-15-7-5-14(3)6-8-15)11-24-21(17)22(26)20-18(19)12-25(4)23(20)27/h5-8,10-11,26H,1,9,12H2,2-4H3. The minimum atomic E-state index is -0.169. The van der Waals surface area contributed by atoms with Crippen molar-refractivity contribution in [2.24, 2.45) is 0 Å². The molecule has 27 heavy (non-hydrogen) atoms. The van der Waals surface area contributed by atoms with Crippen LogP contribution in [-0.2, 0) is 13.0 Å².